The molecule has 0 saturated carbocycles. The molecule has 2 heterocycles. The third-order valence-electron chi connectivity index (χ3n) is 4.64. The van der Waals surface area contributed by atoms with Crippen LogP contribution in [0.15, 0.2) is 10.6 Å². The SMILES string of the molecule is Cc1cc(CNC(=O)[C@@H]2CCC[C@@H](N(C)C)CN(C)C(=O)C2)no1. The Kier molecular flexibility index (Phi) is 6.36. The lowest BCUT2D eigenvalue weighted by Crippen LogP contribution is -2.41. The summed E-state index contributed by atoms with van der Waals surface area (Å²) in [4.78, 5) is 28.7. The minimum Gasteiger partial charge on any atom is -0.361 e. The van der Waals surface area contributed by atoms with E-state index >= 15 is 0 Å². The minimum absolute atomic E-state index is 0.0289. The predicted molar refractivity (Wildman–Crippen MR) is 90.2 cm³/mol. The molecule has 0 bridgehead atoms. The van der Waals surface area contributed by atoms with Crippen LogP contribution in [-0.2, 0) is 16.1 Å². The van der Waals surface area contributed by atoms with E-state index in [-0.39, 0.29) is 24.2 Å². The zero-order valence-corrected chi connectivity index (χ0v) is 15.0. The van der Waals surface area contributed by atoms with Crippen LogP contribution >= 0.6 is 0 Å². The number of likely N-dealkylation sites (N-methyl/N-ethyl adjacent to an activating group) is 2. The van der Waals surface area contributed by atoms with Crippen molar-refractivity contribution >= 4 is 11.8 Å². The van der Waals surface area contributed by atoms with Crippen LogP contribution in [0.2, 0.25) is 0 Å². The monoisotopic (exact) mass is 336 g/mol. The fourth-order valence-corrected chi connectivity index (χ4v) is 3.05. The molecule has 1 aliphatic heterocycles. The number of carbonyl (C=O) groups excluding carboxylic acids is 2. The number of nitrogens with zero attached hydrogens (tertiary/aromatic N) is 3. The van der Waals surface area contributed by atoms with Gasteiger partial charge in [-0.05, 0) is 33.9 Å². The molecule has 7 heteroatoms. The van der Waals surface area contributed by atoms with Gasteiger partial charge in [0.15, 0.2) is 0 Å². The molecule has 0 radical (unpaired) electrons. The fraction of sp³-hybridized carbons (Fsp3) is 0.706. The van der Waals surface area contributed by atoms with Crippen molar-refractivity contribution in [2.24, 2.45) is 5.92 Å². The summed E-state index contributed by atoms with van der Waals surface area (Å²) < 4.78 is 4.99. The first-order valence-electron chi connectivity index (χ1n) is 8.47. The Morgan fingerprint density at radius 3 is 2.83 bits per heavy atom. The first-order chi connectivity index (χ1) is 11.4. The lowest BCUT2D eigenvalue weighted by atomic mass is 9.96. The van der Waals surface area contributed by atoms with Crippen molar-refractivity contribution < 1.29 is 14.1 Å². The van der Waals surface area contributed by atoms with E-state index in [9.17, 15) is 9.59 Å². The Morgan fingerprint density at radius 1 is 1.46 bits per heavy atom. The van der Waals surface area contributed by atoms with Gasteiger partial charge in [0, 0.05) is 38.0 Å². The molecule has 7 nitrogen and oxygen atoms in total. The molecule has 1 aromatic heterocycles. The third kappa shape index (κ3) is 5.06. The van der Waals surface area contributed by atoms with Crippen LogP contribution in [0.3, 0.4) is 0 Å². The van der Waals surface area contributed by atoms with Crippen LogP contribution in [0.25, 0.3) is 0 Å². The molecule has 1 N–H and O–H groups in total. The molecule has 0 unspecified atom stereocenters. The molecule has 1 saturated heterocycles. The molecule has 0 aliphatic carbocycles. The van der Waals surface area contributed by atoms with E-state index in [0.29, 0.717) is 30.6 Å². The number of hydrogen-bond donors (Lipinski definition) is 1. The average molecular weight is 336 g/mol. The molecule has 0 spiro atoms. The fourth-order valence-electron chi connectivity index (χ4n) is 3.05. The highest BCUT2D eigenvalue weighted by Crippen LogP contribution is 2.20. The third-order valence-corrected chi connectivity index (χ3v) is 4.64. The molecule has 24 heavy (non-hydrogen) atoms. The second-order valence-electron chi connectivity index (χ2n) is 6.87. The molecule has 2 rings (SSSR count). The second kappa shape index (κ2) is 8.28. The molecule has 1 fully saturated rings. The Bertz CT molecular complexity index is 570. The Morgan fingerprint density at radius 2 is 2.21 bits per heavy atom. The van der Waals surface area contributed by atoms with Crippen molar-refractivity contribution in [3.63, 3.8) is 0 Å². The quantitative estimate of drug-likeness (QED) is 0.893. The number of nitrogens with one attached hydrogen (secondary N) is 1. The van der Waals surface area contributed by atoms with E-state index in [0.717, 1.165) is 19.3 Å². The summed E-state index contributed by atoms with van der Waals surface area (Å²) in [5.41, 5.74) is 0.694. The Balaban J connectivity index is 1.95. The highest BCUT2D eigenvalue weighted by molar-refractivity contribution is 5.85. The van der Waals surface area contributed by atoms with E-state index in [1.807, 2.05) is 28.1 Å². The van der Waals surface area contributed by atoms with Gasteiger partial charge in [0.2, 0.25) is 11.8 Å². The highest BCUT2D eigenvalue weighted by Gasteiger charge is 2.27. The summed E-state index contributed by atoms with van der Waals surface area (Å²) in [6.07, 6.45) is 2.91. The van der Waals surface area contributed by atoms with Crippen LogP contribution < -0.4 is 5.32 Å². The molecular formula is C17H28N4O3. The second-order valence-corrected chi connectivity index (χ2v) is 6.87. The maximum Gasteiger partial charge on any atom is 0.223 e. The van der Waals surface area contributed by atoms with Gasteiger partial charge in [-0.1, -0.05) is 11.6 Å². The molecule has 1 aliphatic rings. The zero-order chi connectivity index (χ0) is 17.7. The molecule has 1 aromatic rings. The summed E-state index contributed by atoms with van der Waals surface area (Å²) in [5, 5.41) is 6.74. The summed E-state index contributed by atoms with van der Waals surface area (Å²) in [6, 6.07) is 2.13. The molecule has 134 valence electrons. The van der Waals surface area contributed by atoms with Crippen molar-refractivity contribution in [3.05, 3.63) is 17.5 Å². The van der Waals surface area contributed by atoms with Gasteiger partial charge in [0.25, 0.3) is 0 Å². The van der Waals surface area contributed by atoms with Crippen molar-refractivity contribution in [1.29, 1.82) is 0 Å². The standard InChI is InChI=1S/C17H28N4O3/c1-12-8-14(19-24-12)10-18-17(23)13-6-5-7-15(20(2)3)11-21(4)16(22)9-13/h8,13,15H,5-7,9-11H2,1-4H3,(H,18,23)/t13-,15-/m1/s1. The van der Waals surface area contributed by atoms with Gasteiger partial charge in [0.05, 0.1) is 6.54 Å². The normalized spacial score (nSPS) is 22.9. The molecular weight excluding hydrogens is 308 g/mol. The van der Waals surface area contributed by atoms with E-state index in [1.165, 1.54) is 0 Å². The van der Waals surface area contributed by atoms with Gasteiger partial charge in [-0.15, -0.1) is 0 Å². The summed E-state index contributed by atoms with van der Waals surface area (Å²) in [7, 11) is 5.88. The lowest BCUT2D eigenvalue weighted by molar-refractivity contribution is -0.135. The maximum absolute atomic E-state index is 12.5. The Labute approximate surface area is 143 Å². The Hall–Kier alpha value is -1.89. The smallest absolute Gasteiger partial charge is 0.223 e. The molecule has 0 aromatic carbocycles. The van der Waals surface area contributed by atoms with Gasteiger partial charge < -0.3 is 19.6 Å². The van der Waals surface area contributed by atoms with E-state index in [1.54, 1.807) is 11.0 Å². The van der Waals surface area contributed by atoms with Gasteiger partial charge >= 0.3 is 0 Å². The van der Waals surface area contributed by atoms with E-state index < -0.39 is 0 Å². The largest absolute Gasteiger partial charge is 0.361 e. The van der Waals surface area contributed by atoms with Gasteiger partial charge in [-0.25, -0.2) is 0 Å². The van der Waals surface area contributed by atoms with Gasteiger partial charge in [-0.3, -0.25) is 9.59 Å². The topological polar surface area (TPSA) is 78.7 Å². The number of hydrogen-bond acceptors (Lipinski definition) is 5. The van der Waals surface area contributed by atoms with Crippen LogP contribution in [0.5, 0.6) is 0 Å². The van der Waals surface area contributed by atoms with E-state index in [2.05, 4.69) is 15.4 Å². The maximum atomic E-state index is 12.5. The van der Waals surface area contributed by atoms with Crippen LogP contribution in [0.1, 0.15) is 37.1 Å². The van der Waals surface area contributed by atoms with Crippen LogP contribution in [0, 0.1) is 12.8 Å². The van der Waals surface area contributed by atoms with Gasteiger partial charge in [-0.2, -0.15) is 0 Å². The van der Waals surface area contributed by atoms with Crippen LogP contribution in [0.4, 0.5) is 0 Å². The first kappa shape index (κ1) is 18.4. The number of rotatable bonds is 4. The number of aryl methyl sites for hydroxylation is 1. The summed E-state index contributed by atoms with van der Waals surface area (Å²) >= 11 is 0. The van der Waals surface area contributed by atoms with Crippen molar-refractivity contribution in [3.8, 4) is 0 Å². The molecule has 2 atom stereocenters. The molecule has 2 amide bonds. The zero-order valence-electron chi connectivity index (χ0n) is 15.0. The van der Waals surface area contributed by atoms with E-state index in [4.69, 9.17) is 4.52 Å². The lowest BCUT2D eigenvalue weighted by Gasteiger charge is -2.28. The number of carbonyl (C=O) groups is 2. The average Bonchev–Trinajstić information content (AvgIpc) is 2.96. The van der Waals surface area contributed by atoms with Crippen molar-refractivity contribution in [1.82, 2.24) is 20.3 Å². The predicted octanol–water partition coefficient (Wildman–Crippen LogP) is 1.18. The van der Waals surface area contributed by atoms with Crippen LogP contribution in [-0.4, -0.2) is 60.5 Å². The first-order valence-corrected chi connectivity index (χ1v) is 8.47. The minimum atomic E-state index is -0.283. The van der Waals surface area contributed by atoms with Gasteiger partial charge in [0.1, 0.15) is 11.5 Å². The highest BCUT2D eigenvalue weighted by atomic mass is 16.5. The number of aromatic nitrogens is 1. The van der Waals surface area contributed by atoms with Crippen molar-refractivity contribution in [2.75, 3.05) is 27.7 Å². The summed E-state index contributed by atoms with van der Waals surface area (Å²) in [5.74, 6) is 0.379. The summed E-state index contributed by atoms with van der Waals surface area (Å²) in [6.45, 7) is 2.85. The number of amides is 2. The van der Waals surface area contributed by atoms with Crippen molar-refractivity contribution in [2.45, 2.75) is 45.2 Å².